The van der Waals surface area contributed by atoms with Gasteiger partial charge in [-0.15, -0.1) is 0 Å². The number of hydrogen-bond acceptors (Lipinski definition) is 7. The molecule has 0 aliphatic carbocycles. The summed E-state index contributed by atoms with van der Waals surface area (Å²) in [5.41, 5.74) is 5.31. The molecule has 0 saturated carbocycles. The van der Waals surface area contributed by atoms with E-state index in [2.05, 4.69) is 72.7 Å². The van der Waals surface area contributed by atoms with Gasteiger partial charge in [0.05, 0.1) is 18.3 Å². The number of hydrogen-bond donors (Lipinski definition) is 1. The Balaban J connectivity index is 2.35. The van der Waals surface area contributed by atoms with Crippen LogP contribution in [0.3, 0.4) is 0 Å². The number of aromatic nitrogens is 2. The highest BCUT2D eigenvalue weighted by Crippen LogP contribution is 2.42. The fourth-order valence-electron chi connectivity index (χ4n) is 3.00. The van der Waals surface area contributed by atoms with E-state index in [1.165, 1.54) is 10.8 Å². The van der Waals surface area contributed by atoms with Gasteiger partial charge in [0.2, 0.25) is 0 Å². The van der Waals surface area contributed by atoms with Gasteiger partial charge in [-0.25, -0.2) is 4.79 Å². The van der Waals surface area contributed by atoms with Crippen LogP contribution < -0.4 is 11.4 Å². The van der Waals surface area contributed by atoms with E-state index in [4.69, 9.17) is 19.3 Å². The maximum atomic E-state index is 12.5. The molecule has 3 atom stereocenters. The molecule has 2 rings (SSSR count). The zero-order chi connectivity index (χ0) is 24.7. The number of ether oxygens (including phenoxy) is 1. The van der Waals surface area contributed by atoms with Crippen LogP contribution in [0.15, 0.2) is 11.0 Å². The van der Waals surface area contributed by atoms with Crippen LogP contribution in [0.1, 0.15) is 64.5 Å². The number of nitrogens with zero attached hydrogens (tertiary/aromatic N) is 2. The van der Waals surface area contributed by atoms with Crippen molar-refractivity contribution in [1.82, 2.24) is 9.55 Å². The molecule has 0 aromatic carbocycles. The van der Waals surface area contributed by atoms with Crippen molar-refractivity contribution in [3.63, 3.8) is 0 Å². The molecule has 8 nitrogen and oxygen atoms in total. The van der Waals surface area contributed by atoms with Crippen LogP contribution in [-0.4, -0.2) is 51.3 Å². The van der Waals surface area contributed by atoms with Gasteiger partial charge < -0.3 is 19.3 Å². The molecule has 0 bridgehead atoms. The lowest BCUT2D eigenvalue weighted by atomic mass is 10.2. The van der Waals surface area contributed by atoms with Gasteiger partial charge in [-0.1, -0.05) is 41.5 Å². The predicted molar refractivity (Wildman–Crippen MR) is 132 cm³/mol. The van der Waals surface area contributed by atoms with Gasteiger partial charge in [0.25, 0.3) is 0 Å². The Labute approximate surface area is 194 Å². The van der Waals surface area contributed by atoms with E-state index in [9.17, 15) is 9.59 Å². The zero-order valence-corrected chi connectivity index (χ0v) is 23.3. The summed E-state index contributed by atoms with van der Waals surface area (Å²) in [6, 6.07) is 0. The summed E-state index contributed by atoms with van der Waals surface area (Å²) in [7, 11) is -4.10. The van der Waals surface area contributed by atoms with Gasteiger partial charge >= 0.3 is 5.69 Å². The van der Waals surface area contributed by atoms with Gasteiger partial charge in [-0.3, -0.25) is 9.36 Å². The number of aldehydes is 1. The van der Waals surface area contributed by atoms with Crippen molar-refractivity contribution in [3.05, 3.63) is 22.2 Å². The second-order valence-electron chi connectivity index (χ2n) is 11.7. The van der Waals surface area contributed by atoms with Crippen molar-refractivity contribution >= 4 is 28.7 Å². The Bertz CT molecular complexity index is 887. The first-order chi connectivity index (χ1) is 14.4. The van der Waals surface area contributed by atoms with E-state index in [-0.39, 0.29) is 33.7 Å². The first-order valence-corrected chi connectivity index (χ1v) is 17.0. The van der Waals surface area contributed by atoms with Crippen LogP contribution >= 0.6 is 0 Å². The maximum absolute atomic E-state index is 12.5. The average Bonchev–Trinajstić information content (AvgIpc) is 3.00. The van der Waals surface area contributed by atoms with E-state index in [0.29, 0.717) is 19.3 Å². The van der Waals surface area contributed by atoms with Crippen molar-refractivity contribution in [3.8, 4) is 0 Å². The maximum Gasteiger partial charge on any atom is 0.351 e. The molecule has 2 N–H and O–H groups in total. The predicted octanol–water partition coefficient (Wildman–Crippen LogP) is 4.34. The fraction of sp³-hybridized carbons (Fsp3) is 0.773. The molecule has 0 amide bonds. The smallest absolute Gasteiger partial charge is 0.351 e. The molecule has 182 valence electrons. The summed E-state index contributed by atoms with van der Waals surface area (Å²) < 4.78 is 20.8. The minimum atomic E-state index is -2.10. The molecular weight excluding hydrogens is 442 g/mol. The third-order valence-electron chi connectivity index (χ3n) is 7.30. The van der Waals surface area contributed by atoms with Crippen LogP contribution in [0, 0.1) is 0 Å². The van der Waals surface area contributed by atoms with Crippen molar-refractivity contribution in [1.29, 1.82) is 0 Å². The Morgan fingerprint density at radius 2 is 1.72 bits per heavy atom. The second kappa shape index (κ2) is 9.13. The highest BCUT2D eigenvalue weighted by Gasteiger charge is 2.46. The lowest BCUT2D eigenvalue weighted by Gasteiger charge is -2.40. The summed E-state index contributed by atoms with van der Waals surface area (Å²) in [4.78, 5) is 27.6. The Morgan fingerprint density at radius 3 is 2.22 bits per heavy atom. The summed E-state index contributed by atoms with van der Waals surface area (Å²) in [5.74, 6) is -0.0777. The molecule has 10 heteroatoms. The Hall–Kier alpha value is -1.34. The highest BCUT2D eigenvalue weighted by atomic mass is 28.4. The molecule has 1 fully saturated rings. The number of nitrogen functional groups attached to an aromatic ring is 1. The van der Waals surface area contributed by atoms with Gasteiger partial charge in [0, 0.05) is 12.6 Å². The number of carbonyl (C=O) groups is 1. The largest absolute Gasteiger partial charge is 0.414 e. The van der Waals surface area contributed by atoms with Crippen LogP contribution in [0.25, 0.3) is 0 Å². The number of rotatable bonds is 7. The topological polar surface area (TPSA) is 106 Å². The minimum Gasteiger partial charge on any atom is -0.414 e. The van der Waals surface area contributed by atoms with Crippen molar-refractivity contribution in [2.45, 2.75) is 103 Å². The third-order valence-corrected chi connectivity index (χ3v) is 16.3. The first kappa shape index (κ1) is 26.9. The summed E-state index contributed by atoms with van der Waals surface area (Å²) in [5, 5.41) is 0.0949. The number of nitrogens with two attached hydrogens (primary N) is 1. The Morgan fingerprint density at radius 1 is 1.16 bits per heavy atom. The van der Waals surface area contributed by atoms with E-state index >= 15 is 0 Å². The number of carbonyl (C=O) groups excluding carboxylic acids is 1. The van der Waals surface area contributed by atoms with Gasteiger partial charge in [-0.2, -0.15) is 4.98 Å². The van der Waals surface area contributed by atoms with Crippen LogP contribution in [0.2, 0.25) is 36.3 Å². The lowest BCUT2D eigenvalue weighted by molar-refractivity contribution is -0.0412. The average molecular weight is 484 g/mol. The van der Waals surface area contributed by atoms with Crippen molar-refractivity contribution in [2.75, 3.05) is 12.3 Å². The second-order valence-corrected chi connectivity index (χ2v) is 21.3. The first-order valence-electron chi connectivity index (χ1n) is 11.2. The van der Waals surface area contributed by atoms with Crippen LogP contribution in [-0.2, 0) is 13.6 Å². The normalized spacial score (nSPS) is 22.9. The van der Waals surface area contributed by atoms with Gasteiger partial charge in [0.1, 0.15) is 18.1 Å². The summed E-state index contributed by atoms with van der Waals surface area (Å²) >= 11 is 0. The Kier molecular flexibility index (Phi) is 7.68. The monoisotopic (exact) mass is 483 g/mol. The van der Waals surface area contributed by atoms with E-state index in [0.717, 1.165) is 0 Å². The molecule has 3 unspecified atom stereocenters. The van der Waals surface area contributed by atoms with E-state index < -0.39 is 28.6 Å². The molecular formula is C22H41N3O5Si2. The molecule has 1 aliphatic heterocycles. The third kappa shape index (κ3) is 5.77. The molecule has 1 aromatic rings. The SMILES string of the molecule is CC(C)(C)[Si](C)(C)OCC1OC(n2cc(C=O)c(N)nc2=O)CC1O[Si](C)(C)C(C)(C)C. The molecule has 2 heterocycles. The molecule has 1 saturated heterocycles. The van der Waals surface area contributed by atoms with Crippen LogP contribution in [0.5, 0.6) is 0 Å². The molecule has 1 aliphatic rings. The molecule has 0 radical (unpaired) electrons. The van der Waals surface area contributed by atoms with Crippen molar-refractivity contribution in [2.24, 2.45) is 0 Å². The van der Waals surface area contributed by atoms with E-state index in [1.807, 2.05) is 0 Å². The van der Waals surface area contributed by atoms with Gasteiger partial charge in [0.15, 0.2) is 22.9 Å². The highest BCUT2D eigenvalue weighted by molar-refractivity contribution is 6.74. The molecule has 32 heavy (non-hydrogen) atoms. The van der Waals surface area contributed by atoms with E-state index in [1.54, 1.807) is 0 Å². The quantitative estimate of drug-likeness (QED) is 0.454. The van der Waals surface area contributed by atoms with Gasteiger partial charge in [-0.05, 0) is 36.3 Å². The number of anilines is 1. The fourth-order valence-corrected chi connectivity index (χ4v) is 5.37. The summed E-state index contributed by atoms with van der Waals surface area (Å²) in [6.07, 6.45) is 1.33. The molecule has 0 spiro atoms. The van der Waals surface area contributed by atoms with Crippen molar-refractivity contribution < 1.29 is 18.4 Å². The molecule has 1 aromatic heterocycles. The standard InChI is InChI=1S/C22H41N3O5Si2/c1-21(2,3)31(7,8)28-14-17-16(30-32(9,10)22(4,5)6)11-18(29-17)25-12-15(13-26)19(23)24-20(25)27/h12-13,16-18H,11,14H2,1-10H3,(H2,23,24,27). The lowest BCUT2D eigenvalue weighted by Crippen LogP contribution is -2.48. The van der Waals surface area contributed by atoms with Crippen LogP contribution in [0.4, 0.5) is 5.82 Å². The minimum absolute atomic E-state index is 0.0280. The summed E-state index contributed by atoms with van der Waals surface area (Å²) in [6.45, 7) is 22.4. The zero-order valence-electron chi connectivity index (χ0n) is 21.3.